The molecular weight excluding hydrogens is 264 g/mol. The molecule has 0 heterocycles. The third-order valence-corrected chi connectivity index (χ3v) is 4.44. The van der Waals surface area contributed by atoms with Gasteiger partial charge in [-0.1, -0.05) is 50.3 Å². The smallest absolute Gasteiger partial charge is 0.150 e. The zero-order valence-electron chi connectivity index (χ0n) is 12.4. The molecule has 2 heteroatoms. The van der Waals surface area contributed by atoms with Crippen LogP contribution >= 0.6 is 11.8 Å². The van der Waals surface area contributed by atoms with Crippen LogP contribution in [-0.2, 0) is 0 Å². The van der Waals surface area contributed by atoms with E-state index in [9.17, 15) is 4.79 Å². The van der Waals surface area contributed by atoms with E-state index in [0.717, 1.165) is 11.8 Å². The molecule has 0 aromatic heterocycles. The molecule has 0 spiro atoms. The van der Waals surface area contributed by atoms with Gasteiger partial charge in [0.2, 0.25) is 0 Å². The van der Waals surface area contributed by atoms with Crippen LogP contribution in [0.25, 0.3) is 0 Å². The van der Waals surface area contributed by atoms with Gasteiger partial charge in [0.25, 0.3) is 0 Å². The molecule has 0 aliphatic rings. The molecule has 1 nitrogen and oxygen atoms in total. The van der Waals surface area contributed by atoms with E-state index in [1.54, 1.807) is 0 Å². The standard InChI is InChI=1S/C18H26OS/c1-2-3-4-5-6-7-8-9-10-15-20-18-13-11-17(16-19)12-14-18/h2,11-14,16H,1,3-10,15H2. The van der Waals surface area contributed by atoms with Crippen molar-refractivity contribution in [3.63, 3.8) is 0 Å². The number of aldehydes is 1. The Morgan fingerprint density at radius 3 is 2.10 bits per heavy atom. The van der Waals surface area contributed by atoms with Crippen molar-refractivity contribution < 1.29 is 4.79 Å². The molecule has 0 aliphatic heterocycles. The summed E-state index contributed by atoms with van der Waals surface area (Å²) in [6.45, 7) is 3.74. The van der Waals surface area contributed by atoms with E-state index >= 15 is 0 Å². The van der Waals surface area contributed by atoms with Gasteiger partial charge < -0.3 is 0 Å². The maximum absolute atomic E-state index is 10.5. The maximum Gasteiger partial charge on any atom is 0.150 e. The molecule has 0 saturated heterocycles. The summed E-state index contributed by atoms with van der Waals surface area (Å²) in [6.07, 6.45) is 13.4. The summed E-state index contributed by atoms with van der Waals surface area (Å²) in [4.78, 5) is 11.8. The van der Waals surface area contributed by atoms with Crippen molar-refractivity contribution >= 4 is 18.0 Å². The van der Waals surface area contributed by atoms with Crippen molar-refractivity contribution in [2.75, 3.05) is 5.75 Å². The van der Waals surface area contributed by atoms with Gasteiger partial charge in [0.05, 0.1) is 0 Å². The van der Waals surface area contributed by atoms with Gasteiger partial charge in [-0.25, -0.2) is 0 Å². The number of benzene rings is 1. The van der Waals surface area contributed by atoms with Crippen LogP contribution in [0, 0.1) is 0 Å². The van der Waals surface area contributed by atoms with E-state index < -0.39 is 0 Å². The molecule has 0 saturated carbocycles. The molecule has 0 bridgehead atoms. The molecule has 1 rings (SSSR count). The quantitative estimate of drug-likeness (QED) is 0.206. The van der Waals surface area contributed by atoms with Crippen LogP contribution in [0.1, 0.15) is 61.7 Å². The molecule has 0 fully saturated rings. The van der Waals surface area contributed by atoms with Gasteiger partial charge >= 0.3 is 0 Å². The van der Waals surface area contributed by atoms with Crippen LogP contribution in [0.3, 0.4) is 0 Å². The van der Waals surface area contributed by atoms with E-state index in [-0.39, 0.29) is 0 Å². The molecule has 1 aromatic carbocycles. The number of hydrogen-bond acceptors (Lipinski definition) is 2. The zero-order chi connectivity index (χ0) is 14.5. The zero-order valence-corrected chi connectivity index (χ0v) is 13.2. The minimum absolute atomic E-state index is 0.755. The Morgan fingerprint density at radius 2 is 1.50 bits per heavy atom. The highest BCUT2D eigenvalue weighted by atomic mass is 32.2. The van der Waals surface area contributed by atoms with Crippen LogP contribution in [0.15, 0.2) is 41.8 Å². The van der Waals surface area contributed by atoms with E-state index in [0.29, 0.717) is 0 Å². The van der Waals surface area contributed by atoms with Gasteiger partial charge in [0.15, 0.2) is 0 Å². The van der Waals surface area contributed by atoms with Crippen molar-refractivity contribution in [2.24, 2.45) is 0 Å². The van der Waals surface area contributed by atoms with Crippen LogP contribution in [0.4, 0.5) is 0 Å². The molecule has 0 radical (unpaired) electrons. The molecule has 0 amide bonds. The van der Waals surface area contributed by atoms with Crippen LogP contribution in [-0.4, -0.2) is 12.0 Å². The first-order chi connectivity index (χ1) is 9.86. The Bertz CT molecular complexity index is 370. The largest absolute Gasteiger partial charge is 0.298 e. The summed E-state index contributed by atoms with van der Waals surface area (Å²) < 4.78 is 0. The Morgan fingerprint density at radius 1 is 0.900 bits per heavy atom. The topological polar surface area (TPSA) is 17.1 Å². The Balaban J connectivity index is 1.93. The van der Waals surface area contributed by atoms with Gasteiger partial charge in [-0.15, -0.1) is 18.3 Å². The molecule has 0 N–H and O–H groups in total. The highest BCUT2D eigenvalue weighted by Crippen LogP contribution is 2.20. The van der Waals surface area contributed by atoms with E-state index in [1.807, 2.05) is 42.1 Å². The van der Waals surface area contributed by atoms with E-state index in [1.165, 1.54) is 62.0 Å². The number of carbonyl (C=O) groups excluding carboxylic acids is 1. The predicted octanol–water partition coefficient (Wildman–Crippen LogP) is 5.90. The third-order valence-electron chi connectivity index (χ3n) is 3.34. The maximum atomic E-state index is 10.5. The minimum Gasteiger partial charge on any atom is -0.298 e. The minimum atomic E-state index is 0.755. The number of carbonyl (C=O) groups is 1. The average molecular weight is 290 g/mol. The van der Waals surface area contributed by atoms with E-state index in [2.05, 4.69) is 6.58 Å². The highest BCUT2D eigenvalue weighted by Gasteiger charge is 1.96. The second-order valence-electron chi connectivity index (χ2n) is 5.09. The molecule has 1 aromatic rings. The average Bonchev–Trinajstić information content (AvgIpc) is 2.50. The first kappa shape index (κ1) is 17.0. The Kier molecular flexibility index (Phi) is 10.0. The van der Waals surface area contributed by atoms with Crippen molar-refractivity contribution in [2.45, 2.75) is 56.3 Å². The number of thioether (sulfide) groups is 1. The number of hydrogen-bond donors (Lipinski definition) is 0. The predicted molar refractivity (Wildman–Crippen MR) is 89.7 cm³/mol. The number of rotatable bonds is 12. The van der Waals surface area contributed by atoms with Crippen LogP contribution < -0.4 is 0 Å². The van der Waals surface area contributed by atoms with Gasteiger partial charge in [0.1, 0.15) is 6.29 Å². The van der Waals surface area contributed by atoms with Gasteiger partial charge in [-0.3, -0.25) is 4.79 Å². The first-order valence-corrected chi connectivity index (χ1v) is 8.64. The summed E-state index contributed by atoms with van der Waals surface area (Å²) in [5, 5.41) is 0. The molecule has 110 valence electrons. The fourth-order valence-corrected chi connectivity index (χ4v) is 3.02. The number of unbranched alkanes of at least 4 members (excludes halogenated alkanes) is 7. The van der Waals surface area contributed by atoms with Crippen LogP contribution in [0.5, 0.6) is 0 Å². The van der Waals surface area contributed by atoms with E-state index in [4.69, 9.17) is 0 Å². The lowest BCUT2D eigenvalue weighted by Crippen LogP contribution is -1.84. The fraction of sp³-hybridized carbons (Fsp3) is 0.500. The first-order valence-electron chi connectivity index (χ1n) is 7.66. The fourth-order valence-electron chi connectivity index (χ4n) is 2.11. The SMILES string of the molecule is C=CCCCCCCCCCSc1ccc(C=O)cc1. The molecule has 20 heavy (non-hydrogen) atoms. The van der Waals surface area contributed by atoms with Gasteiger partial charge in [-0.2, -0.15) is 0 Å². The van der Waals surface area contributed by atoms with Crippen molar-refractivity contribution in [1.82, 2.24) is 0 Å². The second kappa shape index (κ2) is 11.8. The molecular formula is C18H26OS. The third kappa shape index (κ3) is 8.21. The van der Waals surface area contributed by atoms with Crippen molar-refractivity contribution in [3.8, 4) is 0 Å². The monoisotopic (exact) mass is 290 g/mol. The molecule has 0 aliphatic carbocycles. The summed E-state index contributed by atoms with van der Waals surface area (Å²) in [6, 6.07) is 7.85. The second-order valence-corrected chi connectivity index (χ2v) is 6.26. The lowest BCUT2D eigenvalue weighted by atomic mass is 10.1. The summed E-state index contributed by atoms with van der Waals surface area (Å²) in [5.74, 6) is 1.18. The normalized spacial score (nSPS) is 10.4. The van der Waals surface area contributed by atoms with Gasteiger partial charge in [-0.05, 0) is 37.1 Å². The lowest BCUT2D eigenvalue weighted by molar-refractivity contribution is 0.112. The highest BCUT2D eigenvalue weighted by molar-refractivity contribution is 7.99. The molecule has 0 unspecified atom stereocenters. The number of allylic oxidation sites excluding steroid dienone is 1. The Labute approximate surface area is 127 Å². The summed E-state index contributed by atoms with van der Waals surface area (Å²) in [5.41, 5.74) is 0.755. The lowest BCUT2D eigenvalue weighted by Gasteiger charge is -2.03. The van der Waals surface area contributed by atoms with Crippen molar-refractivity contribution in [1.29, 1.82) is 0 Å². The van der Waals surface area contributed by atoms with Crippen molar-refractivity contribution in [3.05, 3.63) is 42.5 Å². The summed E-state index contributed by atoms with van der Waals surface area (Å²) in [7, 11) is 0. The van der Waals surface area contributed by atoms with Crippen LogP contribution in [0.2, 0.25) is 0 Å². The summed E-state index contributed by atoms with van der Waals surface area (Å²) >= 11 is 1.89. The Hall–Kier alpha value is -1.02. The van der Waals surface area contributed by atoms with Gasteiger partial charge in [0, 0.05) is 10.5 Å². The molecule has 0 atom stereocenters.